The van der Waals surface area contributed by atoms with Crippen LogP contribution in [0, 0.1) is 0 Å². The molecule has 3 aliphatic heterocycles. The van der Waals surface area contributed by atoms with E-state index in [9.17, 15) is 19.2 Å². The number of rotatable bonds is 5. The van der Waals surface area contributed by atoms with E-state index in [0.29, 0.717) is 29.5 Å². The maximum absolute atomic E-state index is 13.1. The van der Waals surface area contributed by atoms with Crippen molar-refractivity contribution in [2.45, 2.75) is 31.5 Å². The van der Waals surface area contributed by atoms with Crippen molar-refractivity contribution in [2.75, 3.05) is 18.4 Å². The summed E-state index contributed by atoms with van der Waals surface area (Å²) in [6.07, 6.45) is 2.14. The summed E-state index contributed by atoms with van der Waals surface area (Å²) in [6.45, 7) is 2.09. The first kappa shape index (κ1) is 18.5. The average Bonchev–Trinajstić information content (AvgIpc) is 3.23. The van der Waals surface area contributed by atoms with E-state index in [1.54, 1.807) is 18.2 Å². The maximum atomic E-state index is 13.1. The van der Waals surface area contributed by atoms with Crippen LogP contribution in [0.1, 0.15) is 45.2 Å². The van der Waals surface area contributed by atoms with Gasteiger partial charge in [-0.1, -0.05) is 12.1 Å². The molecule has 10 heteroatoms. The molecule has 3 aliphatic rings. The molecule has 0 bridgehead atoms. The number of anilines is 1. The molecule has 1 aromatic carbocycles. The smallest absolute Gasteiger partial charge is 0.262 e. The zero-order valence-electron chi connectivity index (χ0n) is 16.1. The highest BCUT2D eigenvalue weighted by molar-refractivity contribution is 6.24. The van der Waals surface area contributed by atoms with Gasteiger partial charge in [0.2, 0.25) is 11.8 Å². The summed E-state index contributed by atoms with van der Waals surface area (Å²) < 4.78 is 1.90. The van der Waals surface area contributed by atoms with Gasteiger partial charge < -0.3 is 10.6 Å². The van der Waals surface area contributed by atoms with E-state index < -0.39 is 29.7 Å². The minimum atomic E-state index is -0.970. The second kappa shape index (κ2) is 7.06. The van der Waals surface area contributed by atoms with Crippen LogP contribution in [-0.4, -0.2) is 57.4 Å². The number of benzene rings is 1. The number of carbonyl (C=O) groups excluding carboxylic acids is 4. The summed E-state index contributed by atoms with van der Waals surface area (Å²) in [5.41, 5.74) is 1.22. The molecule has 1 atom stereocenters. The second-order valence-electron chi connectivity index (χ2n) is 7.63. The zero-order valence-corrected chi connectivity index (χ0v) is 16.1. The van der Waals surface area contributed by atoms with Crippen molar-refractivity contribution in [3.8, 4) is 0 Å². The summed E-state index contributed by atoms with van der Waals surface area (Å²) in [7, 11) is 0. The monoisotopic (exact) mass is 408 g/mol. The van der Waals surface area contributed by atoms with Crippen LogP contribution in [0.2, 0.25) is 0 Å². The fraction of sp³-hybridized carbons (Fsp3) is 0.350. The van der Waals surface area contributed by atoms with Gasteiger partial charge in [-0.25, -0.2) is 0 Å². The van der Waals surface area contributed by atoms with Gasteiger partial charge in [-0.3, -0.25) is 34.1 Å². The number of nitrogens with one attached hydrogen (secondary N) is 3. The molecule has 30 heavy (non-hydrogen) atoms. The molecule has 0 saturated carbocycles. The fourth-order valence-electron chi connectivity index (χ4n) is 4.01. The van der Waals surface area contributed by atoms with Crippen molar-refractivity contribution in [3.05, 3.63) is 47.2 Å². The Kier molecular flexibility index (Phi) is 4.35. The Labute approximate surface area is 171 Å². The predicted molar refractivity (Wildman–Crippen MR) is 105 cm³/mol. The Bertz CT molecular complexity index is 1070. The molecule has 4 heterocycles. The number of amides is 4. The van der Waals surface area contributed by atoms with E-state index >= 15 is 0 Å². The van der Waals surface area contributed by atoms with E-state index in [4.69, 9.17) is 0 Å². The minimum Gasteiger partial charge on any atom is -0.364 e. The molecule has 1 unspecified atom stereocenters. The van der Waals surface area contributed by atoms with E-state index in [1.807, 2.05) is 16.9 Å². The quantitative estimate of drug-likeness (QED) is 0.597. The number of piperidine rings is 1. The van der Waals surface area contributed by atoms with Crippen molar-refractivity contribution in [3.63, 3.8) is 0 Å². The Morgan fingerprint density at radius 1 is 1.10 bits per heavy atom. The van der Waals surface area contributed by atoms with Gasteiger partial charge in [-0.15, -0.1) is 0 Å². The molecule has 10 nitrogen and oxygen atoms in total. The molecule has 4 amide bonds. The van der Waals surface area contributed by atoms with Gasteiger partial charge >= 0.3 is 0 Å². The van der Waals surface area contributed by atoms with Crippen molar-refractivity contribution in [1.82, 2.24) is 25.3 Å². The molecular formula is C20H20N6O4. The number of carbonyl (C=O) groups is 4. The summed E-state index contributed by atoms with van der Waals surface area (Å²) in [4.78, 5) is 50.6. The largest absolute Gasteiger partial charge is 0.364 e. The van der Waals surface area contributed by atoms with E-state index in [-0.39, 0.29) is 18.4 Å². The van der Waals surface area contributed by atoms with Crippen molar-refractivity contribution in [2.24, 2.45) is 0 Å². The van der Waals surface area contributed by atoms with Gasteiger partial charge in [0.1, 0.15) is 11.9 Å². The van der Waals surface area contributed by atoms with Gasteiger partial charge in [-0.05, 0) is 18.1 Å². The molecule has 0 aliphatic carbocycles. The normalized spacial score (nSPS) is 21.5. The van der Waals surface area contributed by atoms with Gasteiger partial charge in [-0.2, -0.15) is 5.10 Å². The standard InChI is InChI=1S/C20H20N6O4/c27-16-5-4-14(18(28)23-16)26-19(29)13-3-1-2-11(17(13)20(26)30)8-22-15-6-7-25(24-15)12-9-21-10-12/h1-3,6-7,12,14,21H,4-5,8-10H2,(H,22,24)(H,23,27,28). The first-order valence-corrected chi connectivity index (χ1v) is 9.86. The third-order valence-corrected chi connectivity index (χ3v) is 5.76. The molecule has 0 spiro atoms. The van der Waals surface area contributed by atoms with Crippen LogP contribution in [0.5, 0.6) is 0 Å². The third-order valence-electron chi connectivity index (χ3n) is 5.76. The lowest BCUT2D eigenvalue weighted by Crippen LogP contribution is -2.54. The van der Waals surface area contributed by atoms with Crippen molar-refractivity contribution >= 4 is 29.4 Å². The van der Waals surface area contributed by atoms with Crippen molar-refractivity contribution < 1.29 is 19.2 Å². The molecule has 1 aromatic heterocycles. The van der Waals surface area contributed by atoms with E-state index in [2.05, 4.69) is 21.0 Å². The summed E-state index contributed by atoms with van der Waals surface area (Å²) in [5, 5.41) is 13.1. The minimum absolute atomic E-state index is 0.0946. The molecule has 2 aromatic rings. The van der Waals surface area contributed by atoms with Gasteiger partial charge in [0, 0.05) is 38.3 Å². The number of hydrogen-bond donors (Lipinski definition) is 3. The summed E-state index contributed by atoms with van der Waals surface area (Å²) in [5.74, 6) is -1.34. The molecule has 154 valence electrons. The lowest BCUT2D eigenvalue weighted by Gasteiger charge is -2.27. The Morgan fingerprint density at radius 2 is 1.93 bits per heavy atom. The molecule has 0 radical (unpaired) electrons. The molecule has 2 fully saturated rings. The van der Waals surface area contributed by atoms with Gasteiger partial charge in [0.25, 0.3) is 11.8 Å². The predicted octanol–water partition coefficient (Wildman–Crippen LogP) is 0.0407. The zero-order chi connectivity index (χ0) is 20.8. The van der Waals surface area contributed by atoms with Gasteiger partial charge in [0.05, 0.1) is 17.2 Å². The highest BCUT2D eigenvalue weighted by Gasteiger charge is 2.45. The average molecular weight is 408 g/mol. The first-order chi connectivity index (χ1) is 14.5. The highest BCUT2D eigenvalue weighted by Crippen LogP contribution is 2.30. The number of nitrogens with zero attached hydrogens (tertiary/aromatic N) is 3. The number of imide groups is 2. The molecule has 3 N–H and O–H groups in total. The van der Waals surface area contributed by atoms with Crippen molar-refractivity contribution in [1.29, 1.82) is 0 Å². The van der Waals surface area contributed by atoms with Crippen LogP contribution in [-0.2, 0) is 16.1 Å². The van der Waals surface area contributed by atoms with Crippen LogP contribution < -0.4 is 16.0 Å². The first-order valence-electron chi connectivity index (χ1n) is 9.86. The molecule has 5 rings (SSSR count). The Balaban J connectivity index is 1.36. The van der Waals surface area contributed by atoms with Crippen LogP contribution in [0.15, 0.2) is 30.5 Å². The maximum Gasteiger partial charge on any atom is 0.262 e. The molecule has 2 saturated heterocycles. The van der Waals surface area contributed by atoms with Crippen LogP contribution in [0.25, 0.3) is 0 Å². The number of fused-ring (bicyclic) bond motifs is 1. The van der Waals surface area contributed by atoms with E-state index in [0.717, 1.165) is 18.0 Å². The van der Waals surface area contributed by atoms with Gasteiger partial charge in [0.15, 0.2) is 0 Å². The lowest BCUT2D eigenvalue weighted by atomic mass is 10.0. The van der Waals surface area contributed by atoms with Crippen LogP contribution in [0.4, 0.5) is 5.82 Å². The molecular weight excluding hydrogens is 388 g/mol. The second-order valence-corrected chi connectivity index (χ2v) is 7.63. The van der Waals surface area contributed by atoms with Crippen LogP contribution in [0.3, 0.4) is 0 Å². The van der Waals surface area contributed by atoms with E-state index in [1.165, 1.54) is 0 Å². The summed E-state index contributed by atoms with van der Waals surface area (Å²) >= 11 is 0. The Hall–Kier alpha value is -3.53. The SMILES string of the molecule is O=C1CCC(N2C(=O)c3cccc(CNc4ccn(C5CNC5)n4)c3C2=O)C(=O)N1. The Morgan fingerprint density at radius 3 is 2.67 bits per heavy atom. The summed E-state index contributed by atoms with van der Waals surface area (Å²) in [6, 6.07) is 6.32. The number of hydrogen-bond acceptors (Lipinski definition) is 7. The topological polar surface area (TPSA) is 125 Å². The van der Waals surface area contributed by atoms with Crippen LogP contribution >= 0.6 is 0 Å². The fourth-order valence-corrected chi connectivity index (χ4v) is 4.01. The lowest BCUT2D eigenvalue weighted by molar-refractivity contribution is -0.136. The third kappa shape index (κ3) is 2.96. The number of aromatic nitrogens is 2. The highest BCUT2D eigenvalue weighted by atomic mass is 16.2.